The Morgan fingerprint density at radius 2 is 2.27 bits per heavy atom. The fourth-order valence-electron chi connectivity index (χ4n) is 0.897. The van der Waals surface area contributed by atoms with E-state index >= 15 is 0 Å². The predicted octanol–water partition coefficient (Wildman–Crippen LogP) is 1.63. The van der Waals surface area contributed by atoms with Gasteiger partial charge in [-0.25, -0.2) is 9.37 Å². The second kappa shape index (κ2) is 5.23. The Labute approximate surface area is 93.5 Å². The fraction of sp³-hybridized carbons (Fsp3) is 0.556. The lowest BCUT2D eigenvalue weighted by atomic mass is 10.3. The highest BCUT2D eigenvalue weighted by Gasteiger charge is 2.08. The van der Waals surface area contributed by atoms with E-state index in [1.165, 1.54) is 0 Å². The summed E-state index contributed by atoms with van der Waals surface area (Å²) in [5.41, 5.74) is 0. The number of anilines is 1. The topological polar surface area (TPSA) is 41.1 Å². The molecule has 0 aromatic carbocycles. The molecule has 1 aromatic rings. The zero-order valence-electron chi connectivity index (χ0n) is 8.96. The van der Waals surface area contributed by atoms with Gasteiger partial charge in [-0.15, -0.1) is 0 Å². The van der Waals surface area contributed by atoms with Crippen LogP contribution in [0.2, 0.25) is 5.28 Å². The maximum Gasteiger partial charge on any atom is 0.224 e. The summed E-state index contributed by atoms with van der Waals surface area (Å²) in [6.07, 6.45) is 1.05. The molecule has 1 aromatic heterocycles. The summed E-state index contributed by atoms with van der Waals surface area (Å²) in [6.45, 7) is 2.62. The quantitative estimate of drug-likeness (QED) is 0.802. The zero-order chi connectivity index (χ0) is 11.4. The van der Waals surface area contributed by atoms with Crippen molar-refractivity contribution in [1.29, 1.82) is 0 Å². The average molecular weight is 233 g/mol. The van der Waals surface area contributed by atoms with Gasteiger partial charge in [-0.3, -0.25) is 0 Å². The van der Waals surface area contributed by atoms with E-state index in [0.29, 0.717) is 6.54 Å². The van der Waals surface area contributed by atoms with Crippen LogP contribution >= 0.6 is 11.6 Å². The van der Waals surface area contributed by atoms with Crippen molar-refractivity contribution in [3.05, 3.63) is 17.3 Å². The number of likely N-dealkylation sites (N-methyl/N-ethyl adjacent to an activating group) is 1. The summed E-state index contributed by atoms with van der Waals surface area (Å²) in [4.78, 5) is 9.31. The van der Waals surface area contributed by atoms with E-state index in [2.05, 4.69) is 15.3 Å². The van der Waals surface area contributed by atoms with Gasteiger partial charge >= 0.3 is 0 Å². The lowest BCUT2D eigenvalue weighted by Crippen LogP contribution is -2.31. The summed E-state index contributed by atoms with van der Waals surface area (Å²) < 4.78 is 13.2. The van der Waals surface area contributed by atoms with Crippen LogP contribution in [0.1, 0.15) is 6.92 Å². The van der Waals surface area contributed by atoms with E-state index in [0.717, 1.165) is 6.20 Å². The minimum absolute atomic E-state index is 0.0383. The third-order valence-corrected chi connectivity index (χ3v) is 2.34. The van der Waals surface area contributed by atoms with Crippen molar-refractivity contribution in [2.45, 2.75) is 13.0 Å². The molecule has 0 fully saturated rings. The van der Waals surface area contributed by atoms with Crippen molar-refractivity contribution in [2.24, 2.45) is 0 Å². The molecule has 0 spiro atoms. The van der Waals surface area contributed by atoms with Crippen molar-refractivity contribution in [3.8, 4) is 0 Å². The third kappa shape index (κ3) is 3.60. The molecule has 0 aliphatic rings. The minimum atomic E-state index is -0.495. The molecular formula is C9H14ClFN4. The molecule has 1 N–H and O–H groups in total. The Kier molecular flexibility index (Phi) is 4.23. The first-order valence-electron chi connectivity index (χ1n) is 4.59. The predicted molar refractivity (Wildman–Crippen MR) is 58.6 cm³/mol. The molecule has 0 saturated heterocycles. The first-order chi connectivity index (χ1) is 7.00. The van der Waals surface area contributed by atoms with Crippen molar-refractivity contribution >= 4 is 17.4 Å². The second-order valence-electron chi connectivity index (χ2n) is 3.53. The van der Waals surface area contributed by atoms with Crippen LogP contribution in [-0.4, -0.2) is 41.5 Å². The molecule has 0 saturated carbocycles. The van der Waals surface area contributed by atoms with Gasteiger partial charge in [0.15, 0.2) is 11.6 Å². The Balaban J connectivity index is 2.61. The molecule has 6 heteroatoms. The second-order valence-corrected chi connectivity index (χ2v) is 3.87. The Bertz CT molecular complexity index is 332. The molecule has 0 bridgehead atoms. The molecule has 1 atom stereocenters. The summed E-state index contributed by atoms with van der Waals surface area (Å²) in [5.74, 6) is -0.353. The Morgan fingerprint density at radius 3 is 2.87 bits per heavy atom. The largest absolute Gasteiger partial charge is 0.366 e. The van der Waals surface area contributed by atoms with Crippen LogP contribution in [0.4, 0.5) is 10.2 Å². The SMILES string of the molecule is CC(CNc1nc(Cl)ncc1F)N(C)C. The number of rotatable bonds is 4. The monoisotopic (exact) mass is 232 g/mol. The minimum Gasteiger partial charge on any atom is -0.366 e. The van der Waals surface area contributed by atoms with Crippen molar-refractivity contribution in [1.82, 2.24) is 14.9 Å². The van der Waals surface area contributed by atoms with Gasteiger partial charge in [-0.1, -0.05) is 0 Å². The van der Waals surface area contributed by atoms with Gasteiger partial charge in [0.2, 0.25) is 5.28 Å². The third-order valence-electron chi connectivity index (χ3n) is 2.16. The number of nitrogens with zero attached hydrogens (tertiary/aromatic N) is 3. The molecule has 0 amide bonds. The first kappa shape index (κ1) is 12.1. The van der Waals surface area contributed by atoms with Gasteiger partial charge in [0, 0.05) is 12.6 Å². The van der Waals surface area contributed by atoms with Crippen LogP contribution in [0.15, 0.2) is 6.20 Å². The van der Waals surface area contributed by atoms with Crippen LogP contribution in [0, 0.1) is 5.82 Å². The van der Waals surface area contributed by atoms with E-state index in [1.807, 2.05) is 25.9 Å². The summed E-state index contributed by atoms with van der Waals surface area (Å²) in [6, 6.07) is 0.276. The van der Waals surface area contributed by atoms with Gasteiger partial charge in [-0.05, 0) is 32.6 Å². The fourth-order valence-corrected chi connectivity index (χ4v) is 1.03. The molecule has 0 aliphatic heterocycles. The molecule has 1 rings (SSSR count). The van der Waals surface area contributed by atoms with E-state index < -0.39 is 5.82 Å². The van der Waals surface area contributed by atoms with Crippen molar-refractivity contribution in [3.63, 3.8) is 0 Å². The van der Waals surface area contributed by atoms with Gasteiger partial charge in [0.05, 0.1) is 6.20 Å². The number of aromatic nitrogens is 2. The molecule has 1 unspecified atom stereocenters. The molecule has 1 heterocycles. The number of halogens is 2. The summed E-state index contributed by atoms with van der Waals surface area (Å²) in [5, 5.41) is 2.92. The first-order valence-corrected chi connectivity index (χ1v) is 4.97. The number of nitrogens with one attached hydrogen (secondary N) is 1. The molecule has 4 nitrogen and oxygen atoms in total. The lowest BCUT2D eigenvalue weighted by Gasteiger charge is -2.20. The smallest absolute Gasteiger partial charge is 0.224 e. The van der Waals surface area contributed by atoms with Crippen LogP contribution in [0.5, 0.6) is 0 Å². The van der Waals surface area contributed by atoms with Gasteiger partial charge in [0.25, 0.3) is 0 Å². The van der Waals surface area contributed by atoms with Gasteiger partial charge < -0.3 is 10.2 Å². The maximum absolute atomic E-state index is 13.2. The van der Waals surface area contributed by atoms with Crippen LogP contribution in [0.25, 0.3) is 0 Å². The molecule has 15 heavy (non-hydrogen) atoms. The number of hydrogen-bond donors (Lipinski definition) is 1. The number of hydrogen-bond acceptors (Lipinski definition) is 4. The maximum atomic E-state index is 13.2. The molecule has 0 radical (unpaired) electrons. The summed E-state index contributed by atoms with van der Waals surface area (Å²) in [7, 11) is 3.91. The van der Waals surface area contributed by atoms with Crippen LogP contribution in [-0.2, 0) is 0 Å². The van der Waals surface area contributed by atoms with E-state index in [-0.39, 0.29) is 17.1 Å². The molecular weight excluding hydrogens is 219 g/mol. The highest BCUT2D eigenvalue weighted by atomic mass is 35.5. The van der Waals surface area contributed by atoms with E-state index in [4.69, 9.17) is 11.6 Å². The normalized spacial score (nSPS) is 12.9. The Hall–Kier alpha value is -0.940. The molecule has 84 valence electrons. The van der Waals surface area contributed by atoms with Crippen LogP contribution < -0.4 is 5.32 Å². The van der Waals surface area contributed by atoms with Crippen molar-refractivity contribution < 1.29 is 4.39 Å². The lowest BCUT2D eigenvalue weighted by molar-refractivity contribution is 0.325. The highest BCUT2D eigenvalue weighted by molar-refractivity contribution is 6.28. The average Bonchev–Trinajstić information content (AvgIpc) is 2.18. The summed E-state index contributed by atoms with van der Waals surface area (Å²) >= 11 is 5.56. The van der Waals surface area contributed by atoms with Gasteiger partial charge in [0.1, 0.15) is 0 Å². The highest BCUT2D eigenvalue weighted by Crippen LogP contribution is 2.11. The zero-order valence-corrected chi connectivity index (χ0v) is 9.72. The van der Waals surface area contributed by atoms with Crippen LogP contribution in [0.3, 0.4) is 0 Å². The van der Waals surface area contributed by atoms with Crippen molar-refractivity contribution in [2.75, 3.05) is 26.0 Å². The standard InChI is InChI=1S/C9H14ClFN4/c1-6(15(2)3)4-12-8-7(11)5-13-9(10)14-8/h5-6H,4H2,1-3H3,(H,12,13,14). The van der Waals surface area contributed by atoms with Gasteiger partial charge in [-0.2, -0.15) is 4.98 Å². The Morgan fingerprint density at radius 1 is 1.60 bits per heavy atom. The molecule has 0 aliphatic carbocycles. The van der Waals surface area contributed by atoms with E-state index in [9.17, 15) is 4.39 Å². The van der Waals surface area contributed by atoms with E-state index in [1.54, 1.807) is 0 Å².